The number of H-pyrrole nitrogens is 1. The predicted molar refractivity (Wildman–Crippen MR) is 135 cm³/mol. The number of allylic oxidation sites excluding steroid dienone is 4. The zero-order chi connectivity index (χ0) is 23.8. The highest BCUT2D eigenvalue weighted by atomic mass is 35.5. The summed E-state index contributed by atoms with van der Waals surface area (Å²) >= 11 is 6.68. The Labute approximate surface area is 202 Å². The molecule has 170 valence electrons. The molecule has 5 nitrogen and oxygen atoms in total. The molecule has 4 aromatic rings. The highest BCUT2D eigenvalue weighted by Gasteiger charge is 2.21. The topological polar surface area (TPSA) is 75.2 Å². The van der Waals surface area contributed by atoms with Crippen LogP contribution in [0.5, 0.6) is 11.8 Å². The molecule has 0 bridgehead atoms. The summed E-state index contributed by atoms with van der Waals surface area (Å²) < 4.78 is 5.82. The van der Waals surface area contributed by atoms with Crippen molar-refractivity contribution in [2.75, 3.05) is 0 Å². The van der Waals surface area contributed by atoms with Gasteiger partial charge in [0.2, 0.25) is 0 Å². The Bertz CT molecular complexity index is 1470. The van der Waals surface area contributed by atoms with E-state index in [9.17, 15) is 9.90 Å². The molecule has 6 heteroatoms. The zero-order valence-electron chi connectivity index (χ0n) is 18.8. The Kier molecular flexibility index (Phi) is 5.72. The first-order chi connectivity index (χ1) is 16.4. The second-order valence-corrected chi connectivity index (χ2v) is 8.97. The lowest BCUT2D eigenvalue weighted by Gasteiger charge is -2.23. The molecule has 5 rings (SSSR count). The Morgan fingerprint density at radius 3 is 2.65 bits per heavy atom. The van der Waals surface area contributed by atoms with Crippen LogP contribution in [0, 0.1) is 12.8 Å². The number of nitrogens with zero attached hydrogens (tertiary/aromatic N) is 1. The standard InChI is InChI=1S/C28H23ClN2O3/c1-16-8-10-20(13-22(16)27(32)33)34-28-30-25-14-23(24(29)15-26(25)31-28)21-11-9-19(12-17(21)2)18-6-4-3-5-7-18/h3-11,13-15,17H,12H2,1-2H3,(H,30,31)(H,32,33). The van der Waals surface area contributed by atoms with Gasteiger partial charge in [-0.05, 0) is 71.4 Å². The van der Waals surface area contributed by atoms with Crippen LogP contribution in [0.15, 0.2) is 72.8 Å². The van der Waals surface area contributed by atoms with Gasteiger partial charge in [0, 0.05) is 0 Å². The Morgan fingerprint density at radius 1 is 1.12 bits per heavy atom. The molecule has 1 aliphatic rings. The molecule has 0 spiro atoms. The van der Waals surface area contributed by atoms with Crippen LogP contribution in [0.4, 0.5) is 0 Å². The van der Waals surface area contributed by atoms with Gasteiger partial charge in [0.1, 0.15) is 5.75 Å². The zero-order valence-corrected chi connectivity index (χ0v) is 19.6. The van der Waals surface area contributed by atoms with Gasteiger partial charge in [0.25, 0.3) is 6.01 Å². The number of hydrogen-bond acceptors (Lipinski definition) is 3. The number of aryl methyl sites for hydroxylation is 1. The van der Waals surface area contributed by atoms with E-state index in [0.717, 1.165) is 23.0 Å². The molecule has 1 heterocycles. The van der Waals surface area contributed by atoms with E-state index in [4.69, 9.17) is 16.3 Å². The van der Waals surface area contributed by atoms with Crippen molar-refractivity contribution < 1.29 is 14.6 Å². The first-order valence-electron chi connectivity index (χ1n) is 11.1. The Hall–Kier alpha value is -3.83. The van der Waals surface area contributed by atoms with E-state index in [1.54, 1.807) is 19.1 Å². The number of fused-ring (bicyclic) bond motifs is 1. The van der Waals surface area contributed by atoms with Crippen molar-refractivity contribution >= 4 is 39.7 Å². The number of carboxylic acids is 1. The van der Waals surface area contributed by atoms with Crippen molar-refractivity contribution in [2.45, 2.75) is 20.3 Å². The summed E-state index contributed by atoms with van der Waals surface area (Å²) in [6, 6.07) is 19.4. The first kappa shape index (κ1) is 22.0. The number of aromatic amines is 1. The summed E-state index contributed by atoms with van der Waals surface area (Å²) in [5, 5.41) is 9.99. The number of carbonyl (C=O) groups is 1. The van der Waals surface area contributed by atoms with Gasteiger partial charge in [-0.2, -0.15) is 4.98 Å². The van der Waals surface area contributed by atoms with Crippen LogP contribution in [0.2, 0.25) is 5.02 Å². The largest absolute Gasteiger partial charge is 0.478 e. The molecule has 2 N–H and O–H groups in total. The van der Waals surface area contributed by atoms with Crippen molar-refractivity contribution in [2.24, 2.45) is 5.92 Å². The van der Waals surface area contributed by atoms with Gasteiger partial charge in [-0.1, -0.05) is 67.1 Å². The number of carboxylic acid groups (broad SMARTS) is 1. The molecule has 1 unspecified atom stereocenters. The fraction of sp³-hybridized carbons (Fsp3) is 0.143. The maximum absolute atomic E-state index is 11.4. The molecule has 0 saturated carbocycles. The molecule has 0 amide bonds. The number of hydrogen-bond donors (Lipinski definition) is 2. The molecule has 1 aliphatic carbocycles. The van der Waals surface area contributed by atoms with Gasteiger partial charge in [-0.25, -0.2) is 4.79 Å². The molecule has 3 aromatic carbocycles. The maximum atomic E-state index is 11.4. The molecular weight excluding hydrogens is 448 g/mol. The minimum absolute atomic E-state index is 0.195. The van der Waals surface area contributed by atoms with Crippen molar-refractivity contribution in [3.8, 4) is 11.8 Å². The van der Waals surface area contributed by atoms with Gasteiger partial charge < -0.3 is 14.8 Å². The van der Waals surface area contributed by atoms with Crippen LogP contribution >= 0.6 is 11.6 Å². The quantitative estimate of drug-likeness (QED) is 0.316. The van der Waals surface area contributed by atoms with Crippen LogP contribution in [0.25, 0.3) is 22.2 Å². The number of nitrogens with one attached hydrogen (secondary N) is 1. The monoisotopic (exact) mass is 470 g/mol. The number of aromatic carboxylic acids is 1. The van der Waals surface area contributed by atoms with Crippen molar-refractivity contribution in [3.63, 3.8) is 0 Å². The van der Waals surface area contributed by atoms with E-state index in [-0.39, 0.29) is 11.6 Å². The van der Waals surface area contributed by atoms with E-state index in [1.165, 1.54) is 22.8 Å². The SMILES string of the molecule is Cc1ccc(Oc2nc3cc(C4=CC=C(c5ccccc5)CC4C)c(Cl)cc3[nH]2)cc1C(=O)O. The third kappa shape index (κ3) is 4.22. The number of imidazole rings is 1. The lowest BCUT2D eigenvalue weighted by Crippen LogP contribution is -2.05. The van der Waals surface area contributed by atoms with Crippen molar-refractivity contribution in [1.82, 2.24) is 9.97 Å². The first-order valence-corrected chi connectivity index (χ1v) is 11.4. The third-order valence-corrected chi connectivity index (χ3v) is 6.49. The molecule has 0 radical (unpaired) electrons. The van der Waals surface area contributed by atoms with Crippen LogP contribution < -0.4 is 4.74 Å². The Morgan fingerprint density at radius 2 is 1.91 bits per heavy atom. The lowest BCUT2D eigenvalue weighted by molar-refractivity contribution is 0.0695. The van der Waals surface area contributed by atoms with E-state index < -0.39 is 5.97 Å². The van der Waals surface area contributed by atoms with E-state index >= 15 is 0 Å². The molecule has 1 atom stereocenters. The van der Waals surface area contributed by atoms with Gasteiger partial charge in [-0.15, -0.1) is 0 Å². The van der Waals surface area contributed by atoms with Crippen LogP contribution in [-0.4, -0.2) is 21.0 Å². The number of ether oxygens (including phenoxy) is 1. The summed E-state index contributed by atoms with van der Waals surface area (Å²) in [5.74, 6) is -0.300. The van der Waals surface area contributed by atoms with E-state index in [2.05, 4.69) is 53.3 Å². The summed E-state index contributed by atoms with van der Waals surface area (Å²) in [4.78, 5) is 19.1. The number of aromatic nitrogens is 2. The second-order valence-electron chi connectivity index (χ2n) is 8.56. The van der Waals surface area contributed by atoms with Gasteiger partial charge >= 0.3 is 5.97 Å². The minimum atomic E-state index is -0.997. The second kappa shape index (κ2) is 8.84. The normalized spacial score (nSPS) is 15.7. The maximum Gasteiger partial charge on any atom is 0.336 e. The fourth-order valence-corrected chi connectivity index (χ4v) is 4.64. The highest BCUT2D eigenvalue weighted by molar-refractivity contribution is 6.33. The Balaban J connectivity index is 1.46. The van der Waals surface area contributed by atoms with Crippen LogP contribution in [-0.2, 0) is 0 Å². The number of rotatable bonds is 5. The molecular formula is C28H23ClN2O3. The molecule has 0 fully saturated rings. The summed E-state index contributed by atoms with van der Waals surface area (Å²) in [7, 11) is 0. The fourth-order valence-electron chi connectivity index (χ4n) is 4.37. The summed E-state index contributed by atoms with van der Waals surface area (Å²) in [6.45, 7) is 3.95. The smallest absolute Gasteiger partial charge is 0.336 e. The minimum Gasteiger partial charge on any atom is -0.478 e. The third-order valence-electron chi connectivity index (χ3n) is 6.18. The van der Waals surface area contributed by atoms with E-state index in [0.29, 0.717) is 22.3 Å². The number of halogens is 1. The summed E-state index contributed by atoms with van der Waals surface area (Å²) in [6.07, 6.45) is 5.24. The van der Waals surface area contributed by atoms with Crippen molar-refractivity contribution in [3.05, 3.63) is 100 Å². The van der Waals surface area contributed by atoms with Gasteiger partial charge in [0.05, 0.1) is 21.6 Å². The molecule has 1 aromatic heterocycles. The number of benzene rings is 3. The summed E-state index contributed by atoms with van der Waals surface area (Å²) in [5.41, 5.74) is 7.00. The molecule has 34 heavy (non-hydrogen) atoms. The average molecular weight is 471 g/mol. The van der Waals surface area contributed by atoms with Crippen molar-refractivity contribution in [1.29, 1.82) is 0 Å². The van der Waals surface area contributed by atoms with Crippen LogP contribution in [0.1, 0.15) is 40.4 Å². The van der Waals surface area contributed by atoms with Gasteiger partial charge in [0.15, 0.2) is 0 Å². The molecule has 0 saturated heterocycles. The molecule has 0 aliphatic heterocycles. The average Bonchev–Trinajstić information content (AvgIpc) is 3.21. The van der Waals surface area contributed by atoms with Gasteiger partial charge in [-0.3, -0.25) is 0 Å². The highest BCUT2D eigenvalue weighted by Crippen LogP contribution is 2.40. The lowest BCUT2D eigenvalue weighted by atomic mass is 9.82. The van der Waals surface area contributed by atoms with Crippen LogP contribution in [0.3, 0.4) is 0 Å². The predicted octanol–water partition coefficient (Wildman–Crippen LogP) is 7.52. The van der Waals surface area contributed by atoms with E-state index in [1.807, 2.05) is 18.2 Å².